The van der Waals surface area contributed by atoms with Crippen molar-refractivity contribution < 1.29 is 5.11 Å². The van der Waals surface area contributed by atoms with Crippen molar-refractivity contribution in [1.82, 2.24) is 4.90 Å². The van der Waals surface area contributed by atoms with Crippen LogP contribution in [0.15, 0.2) is 12.2 Å². The molecule has 0 radical (unpaired) electrons. The van der Waals surface area contributed by atoms with Crippen molar-refractivity contribution in [3.05, 3.63) is 12.2 Å². The third-order valence-corrected chi connectivity index (χ3v) is 7.56. The molecule has 0 aromatic carbocycles. The second-order valence-electron chi connectivity index (χ2n) is 9.58. The average molecular weight is 362 g/mol. The normalized spacial score (nSPS) is 35.2. The molecule has 2 nitrogen and oxygen atoms in total. The summed E-state index contributed by atoms with van der Waals surface area (Å²) in [7, 11) is 0. The van der Waals surface area contributed by atoms with Gasteiger partial charge < -0.3 is 10.0 Å². The van der Waals surface area contributed by atoms with Crippen LogP contribution in [0.25, 0.3) is 0 Å². The maximum Gasteiger partial charge on any atom is 0.0474 e. The molecule has 0 aromatic heterocycles. The quantitative estimate of drug-likeness (QED) is 0.617. The second-order valence-corrected chi connectivity index (χ2v) is 9.58. The minimum absolute atomic E-state index is 0.384. The summed E-state index contributed by atoms with van der Waals surface area (Å²) in [5.41, 5.74) is 0. The number of nitrogens with zero attached hydrogens (tertiary/aromatic N) is 1. The van der Waals surface area contributed by atoms with Crippen molar-refractivity contribution in [3.8, 4) is 0 Å². The number of likely N-dealkylation sites (tertiary alicyclic amines) is 1. The first-order chi connectivity index (χ1) is 12.8. The minimum Gasteiger partial charge on any atom is -0.396 e. The van der Waals surface area contributed by atoms with Crippen LogP contribution < -0.4 is 0 Å². The van der Waals surface area contributed by atoms with Gasteiger partial charge in [0.2, 0.25) is 0 Å². The van der Waals surface area contributed by atoms with E-state index in [4.69, 9.17) is 0 Å². The van der Waals surface area contributed by atoms with E-state index in [9.17, 15) is 5.11 Å². The molecule has 4 unspecified atom stereocenters. The molecular formula is C24H43NO. The fraction of sp³-hybridized carbons (Fsp3) is 0.917. The van der Waals surface area contributed by atoms with E-state index in [0.717, 1.165) is 24.3 Å². The zero-order valence-electron chi connectivity index (χ0n) is 17.2. The topological polar surface area (TPSA) is 23.5 Å². The molecule has 1 N–H and O–H groups in total. The fourth-order valence-electron chi connectivity index (χ4n) is 6.10. The van der Waals surface area contributed by atoms with Gasteiger partial charge in [0.15, 0.2) is 0 Å². The number of allylic oxidation sites excluding steroid dienone is 2. The van der Waals surface area contributed by atoms with Gasteiger partial charge in [0.05, 0.1) is 0 Å². The van der Waals surface area contributed by atoms with Crippen LogP contribution in [0.5, 0.6) is 0 Å². The van der Waals surface area contributed by atoms with E-state index >= 15 is 0 Å². The molecule has 2 aliphatic carbocycles. The van der Waals surface area contributed by atoms with E-state index < -0.39 is 0 Å². The second kappa shape index (κ2) is 10.9. The van der Waals surface area contributed by atoms with E-state index in [2.05, 4.69) is 24.0 Å². The lowest BCUT2D eigenvalue weighted by Gasteiger charge is -2.43. The molecule has 2 fully saturated rings. The van der Waals surface area contributed by atoms with Gasteiger partial charge in [-0.15, -0.1) is 0 Å². The van der Waals surface area contributed by atoms with Gasteiger partial charge >= 0.3 is 0 Å². The van der Waals surface area contributed by atoms with Crippen LogP contribution in [0, 0.1) is 29.6 Å². The van der Waals surface area contributed by atoms with Crippen LogP contribution in [0.1, 0.15) is 84.0 Å². The Hall–Kier alpha value is -0.340. The highest BCUT2D eigenvalue weighted by molar-refractivity contribution is 5.01. The lowest BCUT2D eigenvalue weighted by atomic mass is 9.70. The van der Waals surface area contributed by atoms with E-state index in [0.29, 0.717) is 18.4 Å². The summed E-state index contributed by atoms with van der Waals surface area (Å²) in [6.45, 7) is 6.40. The Kier molecular flexibility index (Phi) is 8.52. The maximum atomic E-state index is 10.1. The minimum atomic E-state index is 0.384. The standard InChI is InChI=1S/C24H43NO/c1-2-9-20-12-8-13-22(16-20)24-14-15-25(18-23(24)19-26)17-21-10-6-4-3-5-7-11-21/h8,13,20-24,26H,2-7,9-12,14-19H2,1H3. The average Bonchev–Trinajstić information content (AvgIpc) is 2.64. The third-order valence-electron chi connectivity index (χ3n) is 7.56. The monoisotopic (exact) mass is 361 g/mol. The molecule has 2 heteroatoms. The van der Waals surface area contributed by atoms with Crippen LogP contribution in [-0.2, 0) is 0 Å². The molecule has 26 heavy (non-hydrogen) atoms. The van der Waals surface area contributed by atoms with Gasteiger partial charge in [0.1, 0.15) is 0 Å². The van der Waals surface area contributed by atoms with E-state index in [-0.39, 0.29) is 0 Å². The van der Waals surface area contributed by atoms with Gasteiger partial charge in [-0.2, -0.15) is 0 Å². The predicted octanol–water partition coefficient (Wildman–Crippen LogP) is 5.66. The molecule has 1 heterocycles. The van der Waals surface area contributed by atoms with Gasteiger partial charge in [-0.1, -0.05) is 64.0 Å². The van der Waals surface area contributed by atoms with Crippen molar-refractivity contribution in [2.45, 2.75) is 84.0 Å². The number of piperidine rings is 1. The number of aliphatic hydroxyl groups excluding tert-OH is 1. The summed E-state index contributed by atoms with van der Waals surface area (Å²) < 4.78 is 0. The first-order valence-corrected chi connectivity index (χ1v) is 11.8. The van der Waals surface area contributed by atoms with Gasteiger partial charge in [-0.05, 0) is 68.2 Å². The van der Waals surface area contributed by atoms with Crippen LogP contribution in [-0.4, -0.2) is 36.2 Å². The van der Waals surface area contributed by atoms with E-state index in [1.54, 1.807) is 0 Å². The van der Waals surface area contributed by atoms with Crippen LogP contribution in [0.2, 0.25) is 0 Å². The molecule has 0 bridgehead atoms. The molecule has 0 aromatic rings. The Morgan fingerprint density at radius 3 is 2.50 bits per heavy atom. The van der Waals surface area contributed by atoms with Crippen LogP contribution >= 0.6 is 0 Å². The van der Waals surface area contributed by atoms with Crippen LogP contribution in [0.3, 0.4) is 0 Å². The maximum absolute atomic E-state index is 10.1. The summed E-state index contributed by atoms with van der Waals surface area (Å²) in [4.78, 5) is 2.71. The van der Waals surface area contributed by atoms with Crippen molar-refractivity contribution in [1.29, 1.82) is 0 Å². The number of hydrogen-bond acceptors (Lipinski definition) is 2. The Morgan fingerprint density at radius 2 is 1.77 bits per heavy atom. The molecule has 4 atom stereocenters. The lowest BCUT2D eigenvalue weighted by molar-refractivity contribution is 0.0370. The Morgan fingerprint density at radius 1 is 1.00 bits per heavy atom. The molecule has 0 spiro atoms. The Bertz CT molecular complexity index is 412. The highest BCUT2D eigenvalue weighted by atomic mass is 16.3. The highest BCUT2D eigenvalue weighted by Crippen LogP contribution is 2.39. The molecule has 1 aliphatic heterocycles. The molecule has 150 valence electrons. The number of rotatable bonds is 6. The van der Waals surface area contributed by atoms with Crippen molar-refractivity contribution in [2.75, 3.05) is 26.2 Å². The van der Waals surface area contributed by atoms with E-state index in [1.165, 1.54) is 90.1 Å². The largest absolute Gasteiger partial charge is 0.396 e. The fourth-order valence-corrected chi connectivity index (χ4v) is 6.10. The highest BCUT2D eigenvalue weighted by Gasteiger charge is 2.35. The van der Waals surface area contributed by atoms with Crippen molar-refractivity contribution in [2.24, 2.45) is 29.6 Å². The Balaban J connectivity index is 1.51. The molecule has 1 saturated heterocycles. The number of hydrogen-bond donors (Lipinski definition) is 1. The Labute approximate surface area is 162 Å². The third kappa shape index (κ3) is 5.83. The molecule has 0 amide bonds. The predicted molar refractivity (Wildman–Crippen MR) is 111 cm³/mol. The van der Waals surface area contributed by atoms with Gasteiger partial charge in [0.25, 0.3) is 0 Å². The summed E-state index contributed by atoms with van der Waals surface area (Å²) in [6, 6.07) is 0. The lowest BCUT2D eigenvalue weighted by Crippen LogP contribution is -2.46. The van der Waals surface area contributed by atoms with Gasteiger partial charge in [-0.3, -0.25) is 0 Å². The van der Waals surface area contributed by atoms with Crippen molar-refractivity contribution >= 4 is 0 Å². The summed E-state index contributed by atoms with van der Waals surface area (Å²) >= 11 is 0. The molecule has 3 aliphatic rings. The number of aliphatic hydroxyl groups is 1. The van der Waals surface area contributed by atoms with Crippen molar-refractivity contribution in [3.63, 3.8) is 0 Å². The summed E-state index contributed by atoms with van der Waals surface area (Å²) in [6.07, 6.45) is 21.7. The molecule has 1 saturated carbocycles. The van der Waals surface area contributed by atoms with Gasteiger partial charge in [-0.25, -0.2) is 0 Å². The van der Waals surface area contributed by atoms with Gasteiger partial charge in [0, 0.05) is 19.7 Å². The van der Waals surface area contributed by atoms with E-state index in [1.807, 2.05) is 0 Å². The first kappa shape index (κ1) is 20.4. The zero-order chi connectivity index (χ0) is 18.2. The first-order valence-electron chi connectivity index (χ1n) is 11.8. The van der Waals surface area contributed by atoms with Crippen LogP contribution in [0.4, 0.5) is 0 Å². The smallest absolute Gasteiger partial charge is 0.0474 e. The summed E-state index contributed by atoms with van der Waals surface area (Å²) in [5, 5.41) is 10.1. The molecular weight excluding hydrogens is 318 g/mol. The zero-order valence-corrected chi connectivity index (χ0v) is 17.2. The summed E-state index contributed by atoms with van der Waals surface area (Å²) in [5.74, 6) is 3.73. The SMILES string of the molecule is CCCC1CC=CC(C2CCN(CC3CCCCCCC3)CC2CO)C1. The molecule has 3 rings (SSSR count).